The summed E-state index contributed by atoms with van der Waals surface area (Å²) in [5.41, 5.74) is 8.88. The topological polar surface area (TPSA) is 160 Å². The first-order chi connectivity index (χ1) is 8.88. The van der Waals surface area contributed by atoms with Crippen LogP contribution in [0.1, 0.15) is 19.3 Å². The Bertz CT molecular complexity index is 326. The molecule has 19 heavy (non-hydrogen) atoms. The number of aliphatic carboxylic acids is 2. The van der Waals surface area contributed by atoms with Crippen molar-refractivity contribution in [3.05, 3.63) is 0 Å². The van der Waals surface area contributed by atoms with Crippen LogP contribution in [-0.2, 0) is 9.59 Å². The molecule has 2 atom stereocenters. The van der Waals surface area contributed by atoms with E-state index >= 15 is 0 Å². The van der Waals surface area contributed by atoms with Crippen molar-refractivity contribution in [3.8, 4) is 0 Å². The molecule has 1 heterocycles. The molecule has 0 aliphatic carbocycles. The molecule has 7 N–H and O–H groups in total. The molecule has 1 aliphatic rings. The molecule has 0 aromatic carbocycles. The van der Waals surface area contributed by atoms with E-state index < -0.39 is 24.0 Å². The highest BCUT2D eigenvalue weighted by atomic mass is 32.2. The number of unbranched alkanes of at least 4 members (excludes halogenated alkanes) is 1. The van der Waals surface area contributed by atoms with E-state index in [1.54, 1.807) is 0 Å². The van der Waals surface area contributed by atoms with E-state index in [-0.39, 0.29) is 11.0 Å². The maximum absolute atomic E-state index is 10.3. The minimum Gasteiger partial charge on any atom is -0.548 e. The Balaban J connectivity index is 0.000000342. The van der Waals surface area contributed by atoms with Gasteiger partial charge in [-0.2, -0.15) is 0 Å². The molecule has 0 spiro atoms. The van der Waals surface area contributed by atoms with Crippen LogP contribution in [0.4, 0.5) is 4.79 Å². The monoisotopic (exact) mass is 293 g/mol. The summed E-state index contributed by atoms with van der Waals surface area (Å²) in [4.78, 5) is 30.5. The number of quaternary nitrogens is 1. The van der Waals surface area contributed by atoms with Gasteiger partial charge >= 0.3 is 5.97 Å². The van der Waals surface area contributed by atoms with Crippen LogP contribution in [0.15, 0.2) is 0 Å². The van der Waals surface area contributed by atoms with Gasteiger partial charge in [-0.1, -0.05) is 11.8 Å². The van der Waals surface area contributed by atoms with E-state index in [9.17, 15) is 19.5 Å². The second-order valence-corrected chi connectivity index (χ2v) is 4.90. The summed E-state index contributed by atoms with van der Waals surface area (Å²) in [6.45, 7) is 0.854. The van der Waals surface area contributed by atoms with Gasteiger partial charge in [-0.15, -0.1) is 0 Å². The van der Waals surface area contributed by atoms with Crippen molar-refractivity contribution in [2.24, 2.45) is 5.73 Å². The van der Waals surface area contributed by atoms with E-state index in [4.69, 9.17) is 10.8 Å². The summed E-state index contributed by atoms with van der Waals surface area (Å²) in [7, 11) is 0. The van der Waals surface area contributed by atoms with E-state index in [2.05, 4.69) is 11.1 Å². The molecule has 0 saturated carbocycles. The molecular formula is C10H19N3O5S. The Morgan fingerprint density at radius 3 is 2.53 bits per heavy atom. The quantitative estimate of drug-likeness (QED) is 0.389. The average molecular weight is 293 g/mol. The fraction of sp³-hybridized carbons (Fsp3) is 0.700. The lowest BCUT2D eigenvalue weighted by atomic mass is 10.1. The highest BCUT2D eigenvalue weighted by molar-refractivity contribution is 8.14. The standard InChI is InChI=1S/C6H14N2O2.C4H5NO3S/c7-4-2-1-3-5(8)6(9)10;6-3(7)2-1-9-4(8)5-2/h5H,1-4,7-8H2,(H,9,10);2H,1H2,(H,5,8)(H,6,7)/t5-;2-/m00/s1. The van der Waals surface area contributed by atoms with Crippen molar-refractivity contribution in [2.75, 3.05) is 12.3 Å². The smallest absolute Gasteiger partial charge is 0.320 e. The molecule has 8 nitrogen and oxygen atoms in total. The zero-order chi connectivity index (χ0) is 14.8. The number of hydrogen-bond acceptors (Lipinski definition) is 6. The Morgan fingerprint density at radius 2 is 2.21 bits per heavy atom. The highest BCUT2D eigenvalue weighted by Crippen LogP contribution is 2.11. The molecule has 1 aliphatic heterocycles. The number of rotatable bonds is 6. The summed E-state index contributed by atoms with van der Waals surface area (Å²) in [6.07, 6.45) is 2.38. The molecule has 1 amide bonds. The van der Waals surface area contributed by atoms with Gasteiger partial charge in [0.15, 0.2) is 0 Å². The van der Waals surface area contributed by atoms with Crippen molar-refractivity contribution in [3.63, 3.8) is 0 Å². The van der Waals surface area contributed by atoms with E-state index in [1.165, 1.54) is 0 Å². The normalized spacial score (nSPS) is 19.1. The Hall–Kier alpha value is -1.32. The third-order valence-corrected chi connectivity index (χ3v) is 3.17. The third kappa shape index (κ3) is 8.41. The molecule has 110 valence electrons. The van der Waals surface area contributed by atoms with Gasteiger partial charge in [-0.05, 0) is 19.3 Å². The Kier molecular flexibility index (Phi) is 8.92. The summed E-state index contributed by atoms with van der Waals surface area (Å²) >= 11 is 0.963. The van der Waals surface area contributed by atoms with Crippen LogP contribution in [-0.4, -0.2) is 46.7 Å². The van der Waals surface area contributed by atoms with Gasteiger partial charge in [-0.25, -0.2) is 0 Å². The molecule has 1 rings (SSSR count). The molecule has 0 aromatic heterocycles. The van der Waals surface area contributed by atoms with Crippen LogP contribution in [0.2, 0.25) is 0 Å². The van der Waals surface area contributed by atoms with E-state index in [0.717, 1.165) is 31.1 Å². The minimum absolute atomic E-state index is 0.279. The van der Waals surface area contributed by atoms with Crippen molar-refractivity contribution >= 4 is 28.9 Å². The number of nitrogens with one attached hydrogen (secondary N) is 1. The number of amides is 1. The van der Waals surface area contributed by atoms with Crippen molar-refractivity contribution in [2.45, 2.75) is 31.3 Å². The molecule has 1 fully saturated rings. The maximum Gasteiger partial charge on any atom is 0.320 e. The lowest BCUT2D eigenvalue weighted by Gasteiger charge is -2.07. The molecule has 9 heteroatoms. The van der Waals surface area contributed by atoms with Crippen molar-refractivity contribution < 1.29 is 30.3 Å². The van der Waals surface area contributed by atoms with Crippen LogP contribution >= 0.6 is 11.8 Å². The molecule has 1 saturated heterocycles. The Morgan fingerprint density at radius 1 is 1.58 bits per heavy atom. The molecule has 0 unspecified atom stereocenters. The van der Waals surface area contributed by atoms with Crippen LogP contribution in [0.3, 0.4) is 0 Å². The predicted octanol–water partition coefficient (Wildman–Crippen LogP) is -2.63. The van der Waals surface area contributed by atoms with Gasteiger partial charge in [0.2, 0.25) is 0 Å². The number of carboxylic acids is 2. The van der Waals surface area contributed by atoms with Crippen LogP contribution < -0.4 is 21.9 Å². The number of carbonyl (C=O) groups excluding carboxylic acids is 2. The summed E-state index contributed by atoms with van der Waals surface area (Å²) in [5, 5.41) is 20.3. The molecular weight excluding hydrogens is 274 g/mol. The largest absolute Gasteiger partial charge is 0.548 e. The molecule has 0 radical (unpaired) electrons. The highest BCUT2D eigenvalue weighted by Gasteiger charge is 2.21. The summed E-state index contributed by atoms with van der Waals surface area (Å²) < 4.78 is 0. The van der Waals surface area contributed by atoms with Crippen LogP contribution in [0.5, 0.6) is 0 Å². The number of hydrogen-bond donors (Lipinski definition) is 4. The van der Waals surface area contributed by atoms with Gasteiger partial charge in [0, 0.05) is 5.75 Å². The van der Waals surface area contributed by atoms with Gasteiger partial charge < -0.3 is 31.8 Å². The number of thioether (sulfide) groups is 1. The molecule has 0 bridgehead atoms. The summed E-state index contributed by atoms with van der Waals surface area (Å²) in [5.74, 6) is -1.85. The fourth-order valence-corrected chi connectivity index (χ4v) is 1.94. The van der Waals surface area contributed by atoms with Crippen molar-refractivity contribution in [1.82, 2.24) is 5.32 Å². The lowest BCUT2D eigenvalue weighted by molar-refractivity contribution is -0.368. The SMILES string of the molecule is N[C@@H](CCCC[NH3+])C(=O)O.O=C1N[C@H](C(=O)[O-])CS1. The van der Waals surface area contributed by atoms with E-state index in [1.807, 2.05) is 0 Å². The molecule has 0 aromatic rings. The first-order valence-electron chi connectivity index (χ1n) is 5.80. The zero-order valence-electron chi connectivity index (χ0n) is 10.5. The number of carboxylic acid groups (broad SMARTS) is 2. The van der Waals surface area contributed by atoms with Crippen LogP contribution in [0, 0.1) is 0 Å². The van der Waals surface area contributed by atoms with Crippen molar-refractivity contribution in [1.29, 1.82) is 0 Å². The van der Waals surface area contributed by atoms with E-state index in [0.29, 0.717) is 6.42 Å². The van der Waals surface area contributed by atoms with Gasteiger partial charge in [0.1, 0.15) is 6.04 Å². The second-order valence-electron chi connectivity index (χ2n) is 3.91. The third-order valence-electron chi connectivity index (χ3n) is 2.29. The van der Waals surface area contributed by atoms with Gasteiger partial charge in [0.25, 0.3) is 5.24 Å². The lowest BCUT2D eigenvalue weighted by Crippen LogP contribution is -2.50. The van der Waals surface area contributed by atoms with Gasteiger partial charge in [-0.3, -0.25) is 9.59 Å². The van der Waals surface area contributed by atoms with Gasteiger partial charge in [0.05, 0.1) is 18.6 Å². The predicted molar refractivity (Wildman–Crippen MR) is 67.0 cm³/mol. The Labute approximate surface area is 114 Å². The maximum atomic E-state index is 10.3. The second kappa shape index (κ2) is 9.59. The number of nitrogens with two attached hydrogens (primary N) is 1. The fourth-order valence-electron chi connectivity index (χ4n) is 1.18. The first-order valence-corrected chi connectivity index (χ1v) is 6.78. The number of carbonyl (C=O) groups is 3. The summed E-state index contributed by atoms with van der Waals surface area (Å²) in [6, 6.07) is -1.48. The first kappa shape index (κ1) is 17.7. The average Bonchev–Trinajstić information content (AvgIpc) is 2.77. The minimum atomic E-state index is -1.21. The zero-order valence-corrected chi connectivity index (χ0v) is 11.3. The van der Waals surface area contributed by atoms with Crippen LogP contribution in [0.25, 0.3) is 0 Å².